The van der Waals surface area contributed by atoms with E-state index in [4.69, 9.17) is 14.2 Å². The second kappa shape index (κ2) is 11.2. The van der Waals surface area contributed by atoms with Gasteiger partial charge >= 0.3 is 5.97 Å². The van der Waals surface area contributed by atoms with Gasteiger partial charge in [-0.25, -0.2) is 4.79 Å². The molecule has 0 radical (unpaired) electrons. The molecule has 0 bridgehead atoms. The van der Waals surface area contributed by atoms with E-state index in [1.807, 2.05) is 13.8 Å². The van der Waals surface area contributed by atoms with E-state index >= 15 is 0 Å². The maximum absolute atomic E-state index is 11.4. The Morgan fingerprint density at radius 1 is 1.28 bits per heavy atom. The molecular formula is C21H33IO7. The summed E-state index contributed by atoms with van der Waals surface area (Å²) in [6, 6.07) is 0. The first-order valence-corrected chi connectivity index (χ1v) is 11.3. The number of halogens is 1. The first-order valence-electron chi connectivity index (χ1n) is 10.0. The molecule has 166 valence electrons. The fraction of sp³-hybridized carbons (Fsp3) is 0.762. The van der Waals surface area contributed by atoms with Crippen molar-refractivity contribution in [2.45, 2.75) is 92.3 Å². The van der Waals surface area contributed by atoms with Crippen LogP contribution in [0.15, 0.2) is 24.8 Å². The summed E-state index contributed by atoms with van der Waals surface area (Å²) in [6.45, 7) is 7.27. The lowest BCUT2D eigenvalue weighted by Crippen LogP contribution is -2.36. The lowest BCUT2D eigenvalue weighted by atomic mass is 10.0. The lowest BCUT2D eigenvalue weighted by Gasteiger charge is -2.25. The summed E-state index contributed by atoms with van der Waals surface area (Å²) in [7, 11) is 1.33. The topological polar surface area (TPSA) is 94.5 Å². The van der Waals surface area contributed by atoms with Crippen LogP contribution in [0.2, 0.25) is 0 Å². The molecule has 0 aromatic heterocycles. The molecule has 0 saturated carbocycles. The Morgan fingerprint density at radius 2 is 2.00 bits per heavy atom. The minimum atomic E-state index is -0.776. The Kier molecular flexibility index (Phi) is 9.56. The second-order valence-electron chi connectivity index (χ2n) is 7.99. The third-order valence-corrected chi connectivity index (χ3v) is 6.66. The van der Waals surface area contributed by atoms with E-state index in [2.05, 4.69) is 33.9 Å². The molecule has 2 fully saturated rings. The molecule has 8 heteroatoms. The first kappa shape index (κ1) is 24.7. The van der Waals surface area contributed by atoms with Crippen LogP contribution in [-0.2, 0) is 23.7 Å². The molecule has 0 spiro atoms. The number of methoxy groups -OCH3 is 1. The number of alkyl halides is 1. The summed E-state index contributed by atoms with van der Waals surface area (Å²) >= 11 is 2.35. The zero-order valence-corrected chi connectivity index (χ0v) is 19.5. The Balaban J connectivity index is 1.90. The van der Waals surface area contributed by atoms with E-state index in [0.717, 1.165) is 19.3 Å². The number of aliphatic hydroxyl groups is 2. The van der Waals surface area contributed by atoms with Gasteiger partial charge in [-0.05, 0) is 52.0 Å². The van der Waals surface area contributed by atoms with Crippen molar-refractivity contribution >= 4 is 28.6 Å². The molecule has 0 amide bonds. The van der Waals surface area contributed by atoms with E-state index in [-0.39, 0.29) is 22.2 Å². The van der Waals surface area contributed by atoms with E-state index in [1.54, 1.807) is 12.2 Å². The number of carbonyl (C=O) groups is 1. The highest BCUT2D eigenvalue weighted by Gasteiger charge is 2.47. The van der Waals surface area contributed by atoms with Crippen LogP contribution in [0.1, 0.15) is 46.0 Å². The Labute approximate surface area is 186 Å². The summed E-state index contributed by atoms with van der Waals surface area (Å²) in [5.41, 5.74) is 0. The number of rotatable bonds is 10. The van der Waals surface area contributed by atoms with Crippen molar-refractivity contribution < 1.29 is 34.0 Å². The highest BCUT2D eigenvalue weighted by atomic mass is 127. The molecule has 7 atom stereocenters. The van der Waals surface area contributed by atoms with Crippen molar-refractivity contribution in [1.29, 1.82) is 0 Å². The number of aliphatic hydroxyl groups excluding tert-OH is 2. The van der Waals surface area contributed by atoms with Crippen LogP contribution in [-0.4, -0.2) is 69.6 Å². The van der Waals surface area contributed by atoms with Crippen molar-refractivity contribution in [2.24, 2.45) is 0 Å². The third kappa shape index (κ3) is 7.29. The number of esters is 1. The monoisotopic (exact) mass is 524 g/mol. The summed E-state index contributed by atoms with van der Waals surface area (Å²) < 4.78 is 23.1. The van der Waals surface area contributed by atoms with Crippen molar-refractivity contribution in [3.8, 4) is 0 Å². The molecule has 0 aromatic carbocycles. The molecule has 0 aliphatic carbocycles. The summed E-state index contributed by atoms with van der Waals surface area (Å²) in [4.78, 5) is 11.4. The lowest BCUT2D eigenvalue weighted by molar-refractivity contribution is -0.156. The molecule has 2 aliphatic rings. The number of hydrogen-bond acceptors (Lipinski definition) is 7. The zero-order chi connectivity index (χ0) is 21.6. The van der Waals surface area contributed by atoms with Crippen molar-refractivity contribution in [2.75, 3.05) is 7.11 Å². The highest BCUT2D eigenvalue weighted by Crippen LogP contribution is 2.38. The molecular weight excluding hydrogens is 491 g/mol. The fourth-order valence-corrected chi connectivity index (χ4v) is 4.62. The minimum absolute atomic E-state index is 0.0434. The number of carbonyl (C=O) groups excluding carboxylic acids is 1. The average molecular weight is 524 g/mol. The molecule has 2 N–H and O–H groups in total. The highest BCUT2D eigenvalue weighted by molar-refractivity contribution is 14.1. The van der Waals surface area contributed by atoms with Crippen LogP contribution in [0.25, 0.3) is 0 Å². The van der Waals surface area contributed by atoms with Crippen LogP contribution in [0.5, 0.6) is 0 Å². The van der Waals surface area contributed by atoms with E-state index < -0.39 is 30.1 Å². The van der Waals surface area contributed by atoms with Gasteiger partial charge in [0.1, 0.15) is 12.2 Å². The number of hydrogen-bond donors (Lipinski definition) is 2. The molecule has 7 nitrogen and oxygen atoms in total. The summed E-state index contributed by atoms with van der Waals surface area (Å²) in [5, 5.41) is 19.9. The molecule has 2 aliphatic heterocycles. The average Bonchev–Trinajstić information content (AvgIpc) is 3.28. The number of ether oxygens (including phenoxy) is 4. The molecule has 2 saturated heterocycles. The van der Waals surface area contributed by atoms with Crippen LogP contribution in [0.4, 0.5) is 0 Å². The van der Waals surface area contributed by atoms with E-state index in [1.165, 1.54) is 13.2 Å². The van der Waals surface area contributed by atoms with Crippen LogP contribution < -0.4 is 0 Å². The smallest absolute Gasteiger partial charge is 0.330 e. The summed E-state index contributed by atoms with van der Waals surface area (Å²) in [6.07, 6.45) is 5.65. The Bertz CT molecular complexity index is 579. The SMILES string of the molecule is C=CC[C@@H](O)[C@H](O)CC[C@@H](I)[C@H]1CC[C@H]([C@H]2OC(C)(C)O[C@H]2/C=C/C(=O)OC)O1. The minimum Gasteiger partial charge on any atom is -0.466 e. The largest absolute Gasteiger partial charge is 0.466 e. The molecule has 2 rings (SSSR count). The predicted octanol–water partition coefficient (Wildman–Crippen LogP) is 2.67. The zero-order valence-electron chi connectivity index (χ0n) is 17.3. The standard InChI is InChI=1S/C21H33IO7/c1-5-6-14(23)15(24)8-7-13(22)16-9-10-17(27-16)20-18(11-12-19(25)26-4)28-21(2,3)29-20/h5,11-18,20,23-24H,1,6-10H2,2-4H3/b12-11+/t13-,14-,15-,16-,17-,18+,20-/m1/s1. The molecule has 0 unspecified atom stereocenters. The van der Waals surface area contributed by atoms with Gasteiger partial charge in [-0.1, -0.05) is 28.7 Å². The molecule has 0 aromatic rings. The Hall–Kier alpha value is -0.520. The fourth-order valence-electron chi connectivity index (χ4n) is 3.73. The van der Waals surface area contributed by atoms with Gasteiger partial charge in [0.25, 0.3) is 0 Å². The van der Waals surface area contributed by atoms with Crippen molar-refractivity contribution in [3.63, 3.8) is 0 Å². The van der Waals surface area contributed by atoms with Gasteiger partial charge in [-0.2, -0.15) is 0 Å². The van der Waals surface area contributed by atoms with Crippen LogP contribution in [0.3, 0.4) is 0 Å². The molecule has 2 heterocycles. The van der Waals surface area contributed by atoms with Gasteiger partial charge in [0.2, 0.25) is 0 Å². The first-order chi connectivity index (χ1) is 13.7. The third-order valence-electron chi connectivity index (χ3n) is 5.23. The van der Waals surface area contributed by atoms with Crippen LogP contribution in [0, 0.1) is 0 Å². The summed E-state index contributed by atoms with van der Waals surface area (Å²) in [5.74, 6) is -1.20. The van der Waals surface area contributed by atoms with Gasteiger partial charge in [0.05, 0.1) is 31.5 Å². The molecule has 29 heavy (non-hydrogen) atoms. The normalized spacial score (nSPS) is 32.2. The van der Waals surface area contributed by atoms with Crippen molar-refractivity contribution in [3.05, 3.63) is 24.8 Å². The predicted molar refractivity (Wildman–Crippen MR) is 117 cm³/mol. The Morgan fingerprint density at radius 3 is 2.66 bits per heavy atom. The quantitative estimate of drug-likeness (QED) is 0.149. The van der Waals surface area contributed by atoms with Gasteiger partial charge in [0, 0.05) is 10.0 Å². The van der Waals surface area contributed by atoms with Crippen molar-refractivity contribution in [1.82, 2.24) is 0 Å². The van der Waals surface area contributed by atoms with Gasteiger partial charge in [-0.15, -0.1) is 6.58 Å². The van der Waals surface area contributed by atoms with Crippen LogP contribution >= 0.6 is 22.6 Å². The van der Waals surface area contributed by atoms with Gasteiger partial charge < -0.3 is 29.2 Å². The van der Waals surface area contributed by atoms with E-state index in [9.17, 15) is 15.0 Å². The second-order valence-corrected chi connectivity index (χ2v) is 9.59. The van der Waals surface area contributed by atoms with Gasteiger partial charge in [0.15, 0.2) is 5.79 Å². The van der Waals surface area contributed by atoms with Gasteiger partial charge in [-0.3, -0.25) is 0 Å². The maximum Gasteiger partial charge on any atom is 0.330 e. The van der Waals surface area contributed by atoms with E-state index in [0.29, 0.717) is 12.8 Å². The maximum atomic E-state index is 11.4.